The molecule has 2 heterocycles. The second-order valence-corrected chi connectivity index (χ2v) is 9.99. The van der Waals surface area contributed by atoms with Crippen LogP contribution in [0.5, 0.6) is 0 Å². The number of amides is 1. The first kappa shape index (κ1) is 21.2. The number of carbonyl (C=O) groups is 1. The van der Waals surface area contributed by atoms with Gasteiger partial charge in [-0.05, 0) is 53.8 Å². The number of halogens is 1. The number of benzene rings is 2. The van der Waals surface area contributed by atoms with E-state index in [1.165, 1.54) is 28.5 Å². The lowest BCUT2D eigenvalue weighted by atomic mass is 9.98. The summed E-state index contributed by atoms with van der Waals surface area (Å²) in [7, 11) is -3.37. The molecule has 1 aliphatic rings. The highest BCUT2D eigenvalue weighted by molar-refractivity contribution is 7.92. The molecular weight excluding hydrogens is 437 g/mol. The van der Waals surface area contributed by atoms with Crippen molar-refractivity contribution >= 4 is 38.7 Å². The second-order valence-electron chi connectivity index (χ2n) is 7.03. The van der Waals surface area contributed by atoms with Crippen molar-refractivity contribution in [2.75, 3.05) is 10.5 Å². The van der Waals surface area contributed by atoms with Gasteiger partial charge in [0, 0.05) is 12.1 Å². The van der Waals surface area contributed by atoms with E-state index < -0.39 is 16.1 Å². The van der Waals surface area contributed by atoms with Gasteiger partial charge in [0.1, 0.15) is 5.82 Å². The Kier molecular flexibility index (Phi) is 5.88. The van der Waals surface area contributed by atoms with Crippen molar-refractivity contribution in [3.63, 3.8) is 0 Å². The van der Waals surface area contributed by atoms with E-state index in [-0.39, 0.29) is 17.5 Å². The van der Waals surface area contributed by atoms with E-state index in [2.05, 4.69) is 9.82 Å². The number of sulfonamides is 1. The fourth-order valence-corrected chi connectivity index (χ4v) is 4.64. The summed E-state index contributed by atoms with van der Waals surface area (Å²) < 4.78 is 39.9. The van der Waals surface area contributed by atoms with Crippen LogP contribution >= 0.6 is 11.3 Å². The second kappa shape index (κ2) is 8.60. The molecule has 0 bridgehead atoms. The zero-order valence-corrected chi connectivity index (χ0v) is 18.3. The molecule has 0 fully saturated rings. The van der Waals surface area contributed by atoms with Crippen molar-refractivity contribution in [3.05, 3.63) is 87.9 Å². The minimum Gasteiger partial charge on any atom is -0.284 e. The summed E-state index contributed by atoms with van der Waals surface area (Å²) in [5.41, 5.74) is 2.56. The van der Waals surface area contributed by atoms with Crippen molar-refractivity contribution in [1.29, 1.82) is 0 Å². The van der Waals surface area contributed by atoms with E-state index in [0.29, 0.717) is 28.3 Å². The van der Waals surface area contributed by atoms with Gasteiger partial charge in [0.15, 0.2) is 0 Å². The van der Waals surface area contributed by atoms with E-state index in [9.17, 15) is 17.6 Å². The molecule has 1 N–H and O–H groups in total. The van der Waals surface area contributed by atoms with Gasteiger partial charge in [0.2, 0.25) is 10.0 Å². The molecule has 1 aliphatic heterocycles. The number of nitrogens with one attached hydrogen (secondary N) is 1. The molecule has 1 aromatic heterocycles. The Morgan fingerprint density at radius 3 is 2.61 bits per heavy atom. The maximum atomic E-state index is 13.9. The standard InChI is InChI=1S/C22H20FN3O3S2/c1-2-31(28,29)25-18-10-8-15(9-11-18)19-14-20(16-5-3-6-17(23)13-16)26(24-19)22(27)21-7-4-12-30-21/h3-13,20,25H,2,14H2,1H3. The lowest BCUT2D eigenvalue weighted by Gasteiger charge is -2.21. The SMILES string of the molecule is CCS(=O)(=O)Nc1ccc(C2=NN(C(=O)c3cccs3)C(c3cccc(F)c3)C2)cc1. The number of rotatable bonds is 6. The normalized spacial score (nSPS) is 16.3. The third-order valence-electron chi connectivity index (χ3n) is 4.96. The highest BCUT2D eigenvalue weighted by Gasteiger charge is 2.34. The Morgan fingerprint density at radius 2 is 1.97 bits per heavy atom. The molecule has 0 saturated heterocycles. The predicted molar refractivity (Wildman–Crippen MR) is 120 cm³/mol. The average molecular weight is 458 g/mol. The number of carbonyl (C=O) groups excluding carboxylic acids is 1. The van der Waals surface area contributed by atoms with Crippen molar-refractivity contribution < 1.29 is 17.6 Å². The van der Waals surface area contributed by atoms with E-state index in [1.54, 1.807) is 55.5 Å². The first-order chi connectivity index (χ1) is 14.9. The molecule has 1 atom stereocenters. The molecular formula is C22H20FN3O3S2. The topological polar surface area (TPSA) is 78.8 Å². The molecule has 6 nitrogen and oxygen atoms in total. The molecule has 1 amide bonds. The molecule has 9 heteroatoms. The lowest BCUT2D eigenvalue weighted by molar-refractivity contribution is 0.0716. The minimum atomic E-state index is -3.37. The third-order valence-corrected chi connectivity index (χ3v) is 7.12. The maximum absolute atomic E-state index is 13.9. The van der Waals surface area contributed by atoms with Crippen LogP contribution in [-0.2, 0) is 10.0 Å². The van der Waals surface area contributed by atoms with Crippen molar-refractivity contribution in [1.82, 2.24) is 5.01 Å². The Balaban J connectivity index is 1.65. The zero-order valence-electron chi connectivity index (χ0n) is 16.7. The van der Waals surface area contributed by atoms with Crippen LogP contribution < -0.4 is 4.72 Å². The van der Waals surface area contributed by atoms with E-state index in [0.717, 1.165) is 5.56 Å². The van der Waals surface area contributed by atoms with Crippen LogP contribution in [0.2, 0.25) is 0 Å². The van der Waals surface area contributed by atoms with E-state index in [4.69, 9.17) is 0 Å². The molecule has 0 saturated carbocycles. The monoisotopic (exact) mass is 457 g/mol. The van der Waals surface area contributed by atoms with Gasteiger partial charge >= 0.3 is 0 Å². The first-order valence-corrected chi connectivity index (χ1v) is 12.2. The molecule has 31 heavy (non-hydrogen) atoms. The van der Waals surface area contributed by atoms with Gasteiger partial charge in [-0.25, -0.2) is 17.8 Å². The molecule has 4 rings (SSSR count). The Labute approximate surface area is 184 Å². The molecule has 1 unspecified atom stereocenters. The number of nitrogens with zero attached hydrogens (tertiary/aromatic N) is 2. The highest BCUT2D eigenvalue weighted by Crippen LogP contribution is 2.35. The molecule has 0 radical (unpaired) electrons. The smallest absolute Gasteiger partial charge is 0.284 e. The predicted octanol–water partition coefficient (Wildman–Crippen LogP) is 4.64. The number of hydrogen-bond acceptors (Lipinski definition) is 5. The summed E-state index contributed by atoms with van der Waals surface area (Å²) in [6.07, 6.45) is 0.417. The van der Waals surface area contributed by atoms with Crippen LogP contribution in [0.25, 0.3) is 0 Å². The summed E-state index contributed by atoms with van der Waals surface area (Å²) in [5.74, 6) is -0.634. The molecule has 0 spiro atoms. The van der Waals surface area contributed by atoms with Crippen LogP contribution in [-0.4, -0.2) is 30.8 Å². The fraction of sp³-hybridized carbons (Fsp3) is 0.182. The third kappa shape index (κ3) is 4.67. The highest BCUT2D eigenvalue weighted by atomic mass is 32.2. The molecule has 160 valence electrons. The molecule has 0 aliphatic carbocycles. The number of thiophene rings is 1. The van der Waals surface area contributed by atoms with Crippen LogP contribution in [0.1, 0.15) is 40.2 Å². The number of hydrogen-bond donors (Lipinski definition) is 1. The van der Waals surface area contributed by atoms with E-state index in [1.807, 2.05) is 5.38 Å². The first-order valence-electron chi connectivity index (χ1n) is 9.67. The van der Waals surface area contributed by atoms with Crippen LogP contribution in [0.4, 0.5) is 10.1 Å². The van der Waals surface area contributed by atoms with Gasteiger partial charge in [-0.2, -0.15) is 5.10 Å². The summed E-state index contributed by atoms with van der Waals surface area (Å²) in [5, 5.41) is 7.80. The number of anilines is 1. The lowest BCUT2D eigenvalue weighted by Crippen LogP contribution is -2.26. The summed E-state index contributed by atoms with van der Waals surface area (Å²) in [6.45, 7) is 1.57. The Hall–Kier alpha value is -3.04. The van der Waals surface area contributed by atoms with Crippen LogP contribution in [0.15, 0.2) is 71.1 Å². The minimum absolute atomic E-state index is 0.0173. The van der Waals surface area contributed by atoms with Gasteiger partial charge in [-0.1, -0.05) is 30.3 Å². The summed E-state index contributed by atoms with van der Waals surface area (Å²) in [4.78, 5) is 13.6. The molecule has 3 aromatic rings. The largest absolute Gasteiger partial charge is 0.284 e. The van der Waals surface area contributed by atoms with Gasteiger partial charge < -0.3 is 0 Å². The number of hydrazone groups is 1. The maximum Gasteiger partial charge on any atom is 0.284 e. The van der Waals surface area contributed by atoms with Gasteiger partial charge in [-0.15, -0.1) is 11.3 Å². The Bertz CT molecular complexity index is 1220. The van der Waals surface area contributed by atoms with Crippen molar-refractivity contribution in [2.45, 2.75) is 19.4 Å². The summed E-state index contributed by atoms with van der Waals surface area (Å²) >= 11 is 1.32. The molecule has 2 aromatic carbocycles. The Morgan fingerprint density at radius 1 is 1.19 bits per heavy atom. The van der Waals surface area contributed by atoms with Crippen molar-refractivity contribution in [2.24, 2.45) is 5.10 Å². The zero-order chi connectivity index (χ0) is 22.0. The van der Waals surface area contributed by atoms with Gasteiger partial charge in [0.25, 0.3) is 5.91 Å². The summed E-state index contributed by atoms with van der Waals surface area (Å²) in [6, 6.07) is 16.1. The quantitative estimate of drug-likeness (QED) is 0.586. The van der Waals surface area contributed by atoms with Crippen LogP contribution in [0.3, 0.4) is 0 Å². The average Bonchev–Trinajstić information content (AvgIpc) is 3.44. The van der Waals surface area contributed by atoms with Crippen molar-refractivity contribution in [3.8, 4) is 0 Å². The van der Waals surface area contributed by atoms with Gasteiger partial charge in [-0.3, -0.25) is 9.52 Å². The van der Waals surface area contributed by atoms with E-state index >= 15 is 0 Å². The van der Waals surface area contributed by atoms with Crippen LogP contribution in [0, 0.1) is 5.82 Å². The fourth-order valence-electron chi connectivity index (χ4n) is 3.34. The van der Waals surface area contributed by atoms with Gasteiger partial charge in [0.05, 0.1) is 22.4 Å².